The molecule has 2 amide bonds. The van der Waals surface area contributed by atoms with Crippen LogP contribution in [0.1, 0.15) is 39.5 Å². The van der Waals surface area contributed by atoms with Crippen LogP contribution in [-0.4, -0.2) is 65.7 Å². The van der Waals surface area contributed by atoms with E-state index in [-0.39, 0.29) is 18.5 Å². The Hall–Kier alpha value is -1.30. The van der Waals surface area contributed by atoms with Crippen LogP contribution in [-0.2, 0) is 4.79 Å². The molecular formula is C14H27N3O3. The van der Waals surface area contributed by atoms with Crippen molar-refractivity contribution in [2.45, 2.75) is 45.6 Å². The summed E-state index contributed by atoms with van der Waals surface area (Å²) in [6, 6.07) is -0.0137. The van der Waals surface area contributed by atoms with Crippen molar-refractivity contribution in [1.29, 1.82) is 0 Å². The predicted octanol–water partition coefficient (Wildman–Crippen LogP) is 1.37. The SMILES string of the molecule is CC(C)N(CCCC(=O)O)C(=O)NCCN1CCCC1. The lowest BCUT2D eigenvalue weighted by Gasteiger charge is -2.27. The zero-order chi connectivity index (χ0) is 15.0. The minimum Gasteiger partial charge on any atom is -0.481 e. The van der Waals surface area contributed by atoms with E-state index in [1.54, 1.807) is 4.90 Å². The second-order valence-corrected chi connectivity index (χ2v) is 5.57. The normalized spacial score (nSPS) is 15.6. The maximum atomic E-state index is 12.1. The minimum atomic E-state index is -0.817. The molecule has 1 aliphatic rings. The van der Waals surface area contributed by atoms with Gasteiger partial charge in [0.05, 0.1) is 0 Å². The van der Waals surface area contributed by atoms with E-state index in [0.717, 1.165) is 19.6 Å². The van der Waals surface area contributed by atoms with Crippen molar-refractivity contribution in [1.82, 2.24) is 15.1 Å². The molecule has 2 N–H and O–H groups in total. The number of carbonyl (C=O) groups is 2. The number of rotatable bonds is 8. The molecule has 0 saturated carbocycles. The number of carboxylic acids is 1. The Bertz CT molecular complexity index is 315. The second kappa shape index (κ2) is 8.79. The van der Waals surface area contributed by atoms with Gasteiger partial charge in [0.15, 0.2) is 0 Å². The van der Waals surface area contributed by atoms with Crippen LogP contribution in [0.15, 0.2) is 0 Å². The molecule has 1 heterocycles. The van der Waals surface area contributed by atoms with E-state index >= 15 is 0 Å². The Labute approximate surface area is 121 Å². The van der Waals surface area contributed by atoms with E-state index in [1.165, 1.54) is 12.8 Å². The molecule has 0 aliphatic carbocycles. The molecule has 0 aromatic heterocycles. The Kier molecular flexibility index (Phi) is 7.36. The zero-order valence-electron chi connectivity index (χ0n) is 12.6. The topological polar surface area (TPSA) is 72.9 Å². The fraction of sp³-hybridized carbons (Fsp3) is 0.857. The van der Waals surface area contributed by atoms with Gasteiger partial charge in [0.1, 0.15) is 0 Å². The number of likely N-dealkylation sites (tertiary alicyclic amines) is 1. The van der Waals surface area contributed by atoms with Gasteiger partial charge in [0.2, 0.25) is 0 Å². The first-order valence-electron chi connectivity index (χ1n) is 7.49. The molecule has 6 heteroatoms. The average Bonchev–Trinajstić information content (AvgIpc) is 2.86. The number of aliphatic carboxylic acids is 1. The van der Waals surface area contributed by atoms with Gasteiger partial charge in [-0.05, 0) is 46.2 Å². The molecule has 1 fully saturated rings. The van der Waals surface area contributed by atoms with Crippen molar-refractivity contribution in [3.05, 3.63) is 0 Å². The monoisotopic (exact) mass is 285 g/mol. The molecule has 1 aliphatic heterocycles. The lowest BCUT2D eigenvalue weighted by Crippen LogP contribution is -2.46. The first kappa shape index (κ1) is 16.8. The average molecular weight is 285 g/mol. The van der Waals surface area contributed by atoms with E-state index in [4.69, 9.17) is 5.11 Å². The van der Waals surface area contributed by atoms with Crippen molar-refractivity contribution in [3.63, 3.8) is 0 Å². The van der Waals surface area contributed by atoms with Crippen LogP contribution in [0.5, 0.6) is 0 Å². The molecule has 0 unspecified atom stereocenters. The quantitative estimate of drug-likeness (QED) is 0.706. The lowest BCUT2D eigenvalue weighted by molar-refractivity contribution is -0.137. The van der Waals surface area contributed by atoms with Crippen LogP contribution in [0.4, 0.5) is 4.79 Å². The molecule has 0 aromatic carbocycles. The third-order valence-corrected chi connectivity index (χ3v) is 3.58. The van der Waals surface area contributed by atoms with Gasteiger partial charge in [-0.25, -0.2) is 4.79 Å². The van der Waals surface area contributed by atoms with Crippen LogP contribution in [0, 0.1) is 0 Å². The number of amides is 2. The summed E-state index contributed by atoms with van der Waals surface area (Å²) >= 11 is 0. The Morgan fingerprint density at radius 2 is 1.95 bits per heavy atom. The smallest absolute Gasteiger partial charge is 0.317 e. The van der Waals surface area contributed by atoms with Crippen LogP contribution >= 0.6 is 0 Å². The Morgan fingerprint density at radius 1 is 1.30 bits per heavy atom. The summed E-state index contributed by atoms with van der Waals surface area (Å²) < 4.78 is 0. The molecule has 0 spiro atoms. The third-order valence-electron chi connectivity index (χ3n) is 3.58. The van der Waals surface area contributed by atoms with Gasteiger partial charge in [-0.3, -0.25) is 4.79 Å². The second-order valence-electron chi connectivity index (χ2n) is 5.57. The van der Waals surface area contributed by atoms with Crippen LogP contribution < -0.4 is 5.32 Å². The number of nitrogens with one attached hydrogen (secondary N) is 1. The van der Waals surface area contributed by atoms with Gasteiger partial charge in [-0.15, -0.1) is 0 Å². The Balaban J connectivity index is 2.25. The highest BCUT2D eigenvalue weighted by Crippen LogP contribution is 2.06. The van der Waals surface area contributed by atoms with Crippen LogP contribution in [0.25, 0.3) is 0 Å². The van der Waals surface area contributed by atoms with E-state index in [0.29, 0.717) is 19.5 Å². The van der Waals surface area contributed by atoms with E-state index < -0.39 is 5.97 Å². The number of carboxylic acid groups (broad SMARTS) is 1. The molecule has 6 nitrogen and oxygen atoms in total. The molecule has 1 saturated heterocycles. The largest absolute Gasteiger partial charge is 0.481 e. The first-order chi connectivity index (χ1) is 9.50. The summed E-state index contributed by atoms with van der Waals surface area (Å²) in [5.74, 6) is -0.817. The highest BCUT2D eigenvalue weighted by Gasteiger charge is 2.17. The van der Waals surface area contributed by atoms with E-state index in [1.807, 2.05) is 13.8 Å². The summed E-state index contributed by atoms with van der Waals surface area (Å²) in [6.45, 7) is 8.18. The highest BCUT2D eigenvalue weighted by molar-refractivity contribution is 5.74. The summed E-state index contributed by atoms with van der Waals surface area (Å²) in [5.41, 5.74) is 0. The van der Waals surface area contributed by atoms with Crippen molar-refractivity contribution in [2.24, 2.45) is 0 Å². The molecule has 0 bridgehead atoms. The molecule has 116 valence electrons. The van der Waals surface area contributed by atoms with Gasteiger partial charge >= 0.3 is 12.0 Å². The molecule has 0 aromatic rings. The summed E-state index contributed by atoms with van der Waals surface area (Å²) in [7, 11) is 0. The first-order valence-corrected chi connectivity index (χ1v) is 7.49. The molecule has 0 atom stereocenters. The molecule has 0 radical (unpaired) electrons. The van der Waals surface area contributed by atoms with Crippen molar-refractivity contribution in [2.75, 3.05) is 32.7 Å². The lowest BCUT2D eigenvalue weighted by atomic mass is 10.2. The minimum absolute atomic E-state index is 0.0792. The summed E-state index contributed by atoms with van der Waals surface area (Å²) in [4.78, 5) is 26.7. The summed E-state index contributed by atoms with van der Waals surface area (Å²) in [6.07, 6.45) is 3.10. The fourth-order valence-electron chi connectivity index (χ4n) is 2.42. The number of urea groups is 1. The van der Waals surface area contributed by atoms with Crippen LogP contribution in [0.2, 0.25) is 0 Å². The van der Waals surface area contributed by atoms with Gasteiger partial charge in [-0.2, -0.15) is 0 Å². The maximum Gasteiger partial charge on any atom is 0.317 e. The van der Waals surface area contributed by atoms with Crippen molar-refractivity contribution < 1.29 is 14.7 Å². The Morgan fingerprint density at radius 3 is 2.50 bits per heavy atom. The number of carbonyl (C=O) groups excluding carboxylic acids is 1. The van der Waals surface area contributed by atoms with Gasteiger partial charge in [0.25, 0.3) is 0 Å². The van der Waals surface area contributed by atoms with E-state index in [9.17, 15) is 9.59 Å². The van der Waals surface area contributed by atoms with Gasteiger partial charge in [0, 0.05) is 32.1 Å². The number of nitrogens with zero attached hydrogens (tertiary/aromatic N) is 2. The van der Waals surface area contributed by atoms with Crippen molar-refractivity contribution in [3.8, 4) is 0 Å². The zero-order valence-corrected chi connectivity index (χ0v) is 12.6. The van der Waals surface area contributed by atoms with Crippen LogP contribution in [0.3, 0.4) is 0 Å². The van der Waals surface area contributed by atoms with Gasteiger partial charge < -0.3 is 20.2 Å². The van der Waals surface area contributed by atoms with E-state index in [2.05, 4.69) is 10.2 Å². The molecular weight excluding hydrogens is 258 g/mol. The van der Waals surface area contributed by atoms with Gasteiger partial charge in [-0.1, -0.05) is 0 Å². The molecule has 1 rings (SSSR count). The standard InChI is InChI=1S/C14H27N3O3/c1-12(2)17(10-5-6-13(18)19)14(20)15-7-11-16-8-3-4-9-16/h12H,3-11H2,1-2H3,(H,15,20)(H,18,19). The summed E-state index contributed by atoms with van der Waals surface area (Å²) in [5, 5.41) is 11.6. The number of hydrogen-bond acceptors (Lipinski definition) is 3. The highest BCUT2D eigenvalue weighted by atomic mass is 16.4. The maximum absolute atomic E-state index is 12.1. The fourth-order valence-corrected chi connectivity index (χ4v) is 2.42. The van der Waals surface area contributed by atoms with Crippen molar-refractivity contribution >= 4 is 12.0 Å². The predicted molar refractivity (Wildman–Crippen MR) is 77.8 cm³/mol. The number of hydrogen-bond donors (Lipinski definition) is 2. The third kappa shape index (κ3) is 6.23. The molecule has 20 heavy (non-hydrogen) atoms.